The maximum absolute atomic E-state index is 12.4. The minimum Gasteiger partial charge on any atom is -0.355 e. The Balaban J connectivity index is 1.81. The summed E-state index contributed by atoms with van der Waals surface area (Å²) in [5.41, 5.74) is 1.21. The number of amides is 1. The van der Waals surface area contributed by atoms with Gasteiger partial charge in [-0.2, -0.15) is 0 Å². The second-order valence-corrected chi connectivity index (χ2v) is 4.86. The highest BCUT2D eigenvalue weighted by atomic mass is 16.5. The van der Waals surface area contributed by atoms with Gasteiger partial charge in [0.05, 0.1) is 0 Å². The standard InChI is InChI=1S/C14H16N4O2/c1-10-9-16-6-7-18(10)14(19)12-8-13(20-17-12)11-2-4-15-5-3-11/h2-5,8,10,16H,6-7,9H2,1H3/t10-/m1/s1. The van der Waals surface area contributed by atoms with E-state index in [4.69, 9.17) is 4.52 Å². The van der Waals surface area contributed by atoms with Crippen molar-refractivity contribution < 1.29 is 9.32 Å². The molecule has 1 amide bonds. The van der Waals surface area contributed by atoms with Crippen LogP contribution < -0.4 is 5.32 Å². The van der Waals surface area contributed by atoms with Crippen LogP contribution in [0.3, 0.4) is 0 Å². The van der Waals surface area contributed by atoms with Gasteiger partial charge in [-0.25, -0.2) is 0 Å². The normalized spacial score (nSPS) is 19.1. The first kappa shape index (κ1) is 12.8. The fourth-order valence-corrected chi connectivity index (χ4v) is 2.32. The van der Waals surface area contributed by atoms with Crippen molar-refractivity contribution in [3.63, 3.8) is 0 Å². The third-order valence-corrected chi connectivity index (χ3v) is 3.46. The van der Waals surface area contributed by atoms with Gasteiger partial charge in [0, 0.05) is 49.7 Å². The van der Waals surface area contributed by atoms with E-state index in [0.29, 0.717) is 18.0 Å². The molecule has 1 aliphatic heterocycles. The molecule has 0 unspecified atom stereocenters. The number of rotatable bonds is 2. The lowest BCUT2D eigenvalue weighted by atomic mass is 10.1. The van der Waals surface area contributed by atoms with Gasteiger partial charge in [0.25, 0.3) is 5.91 Å². The van der Waals surface area contributed by atoms with E-state index in [0.717, 1.165) is 18.7 Å². The second-order valence-electron chi connectivity index (χ2n) is 4.86. The summed E-state index contributed by atoms with van der Waals surface area (Å²) in [5.74, 6) is 0.501. The fraction of sp³-hybridized carbons (Fsp3) is 0.357. The highest BCUT2D eigenvalue weighted by Crippen LogP contribution is 2.20. The van der Waals surface area contributed by atoms with Crippen LogP contribution in [-0.2, 0) is 0 Å². The maximum atomic E-state index is 12.4. The van der Waals surface area contributed by atoms with Gasteiger partial charge >= 0.3 is 0 Å². The summed E-state index contributed by atoms with van der Waals surface area (Å²) in [7, 11) is 0. The molecule has 0 aliphatic carbocycles. The summed E-state index contributed by atoms with van der Waals surface area (Å²) in [5, 5.41) is 7.15. The summed E-state index contributed by atoms with van der Waals surface area (Å²) in [4.78, 5) is 18.2. The van der Waals surface area contributed by atoms with E-state index >= 15 is 0 Å². The largest absolute Gasteiger partial charge is 0.355 e. The molecule has 0 radical (unpaired) electrons. The molecule has 3 heterocycles. The summed E-state index contributed by atoms with van der Waals surface area (Å²) >= 11 is 0. The Hall–Kier alpha value is -2.21. The van der Waals surface area contributed by atoms with Gasteiger partial charge in [-0.3, -0.25) is 9.78 Å². The number of nitrogens with zero attached hydrogens (tertiary/aromatic N) is 3. The number of hydrogen-bond donors (Lipinski definition) is 1. The predicted molar refractivity (Wildman–Crippen MR) is 73.1 cm³/mol. The van der Waals surface area contributed by atoms with E-state index in [2.05, 4.69) is 15.5 Å². The first-order valence-corrected chi connectivity index (χ1v) is 6.64. The Labute approximate surface area is 116 Å². The van der Waals surface area contributed by atoms with Crippen LogP contribution in [0.25, 0.3) is 11.3 Å². The zero-order valence-electron chi connectivity index (χ0n) is 11.2. The molecule has 1 saturated heterocycles. The number of piperazine rings is 1. The van der Waals surface area contributed by atoms with Crippen molar-refractivity contribution in [2.75, 3.05) is 19.6 Å². The fourth-order valence-electron chi connectivity index (χ4n) is 2.32. The molecule has 6 heteroatoms. The molecule has 0 saturated carbocycles. The molecule has 104 valence electrons. The van der Waals surface area contributed by atoms with Crippen LogP contribution in [0.1, 0.15) is 17.4 Å². The second kappa shape index (κ2) is 5.42. The van der Waals surface area contributed by atoms with Crippen LogP contribution in [-0.4, -0.2) is 46.6 Å². The number of nitrogens with one attached hydrogen (secondary N) is 1. The van der Waals surface area contributed by atoms with Crippen LogP contribution in [0.4, 0.5) is 0 Å². The molecular formula is C14H16N4O2. The number of carbonyl (C=O) groups excluding carboxylic acids is 1. The van der Waals surface area contributed by atoms with E-state index in [1.54, 1.807) is 18.5 Å². The minimum absolute atomic E-state index is 0.0805. The van der Waals surface area contributed by atoms with Crippen LogP contribution in [0.5, 0.6) is 0 Å². The van der Waals surface area contributed by atoms with Crippen molar-refractivity contribution in [1.29, 1.82) is 0 Å². The van der Waals surface area contributed by atoms with E-state index in [1.165, 1.54) is 0 Å². The van der Waals surface area contributed by atoms with Crippen LogP contribution in [0.15, 0.2) is 35.1 Å². The molecule has 1 atom stereocenters. The quantitative estimate of drug-likeness (QED) is 0.888. The van der Waals surface area contributed by atoms with Gasteiger partial charge in [0.2, 0.25) is 0 Å². The number of hydrogen-bond acceptors (Lipinski definition) is 5. The van der Waals surface area contributed by atoms with Crippen molar-refractivity contribution >= 4 is 5.91 Å². The predicted octanol–water partition coefficient (Wildman–Crippen LogP) is 1.17. The van der Waals surface area contributed by atoms with E-state index < -0.39 is 0 Å². The Morgan fingerprint density at radius 1 is 1.45 bits per heavy atom. The van der Waals surface area contributed by atoms with Gasteiger partial charge in [-0.15, -0.1) is 0 Å². The monoisotopic (exact) mass is 272 g/mol. The molecule has 2 aromatic rings. The highest BCUT2D eigenvalue weighted by Gasteiger charge is 2.26. The molecule has 2 aromatic heterocycles. The van der Waals surface area contributed by atoms with Gasteiger partial charge < -0.3 is 14.7 Å². The Morgan fingerprint density at radius 2 is 2.25 bits per heavy atom. The Bertz CT molecular complexity index is 596. The lowest BCUT2D eigenvalue weighted by Gasteiger charge is -2.33. The van der Waals surface area contributed by atoms with E-state index in [9.17, 15) is 4.79 Å². The smallest absolute Gasteiger partial charge is 0.276 e. The molecular weight excluding hydrogens is 256 g/mol. The van der Waals surface area contributed by atoms with Gasteiger partial charge in [0.1, 0.15) is 0 Å². The van der Waals surface area contributed by atoms with Crippen LogP contribution >= 0.6 is 0 Å². The molecule has 1 N–H and O–H groups in total. The molecule has 0 spiro atoms. The summed E-state index contributed by atoms with van der Waals surface area (Å²) in [6.07, 6.45) is 3.36. The van der Waals surface area contributed by atoms with Crippen molar-refractivity contribution in [2.45, 2.75) is 13.0 Å². The first-order chi connectivity index (χ1) is 9.75. The van der Waals surface area contributed by atoms with Crippen molar-refractivity contribution in [3.05, 3.63) is 36.3 Å². The van der Waals surface area contributed by atoms with Crippen molar-refractivity contribution in [1.82, 2.24) is 20.4 Å². The lowest BCUT2D eigenvalue weighted by molar-refractivity contribution is 0.0645. The number of pyridine rings is 1. The van der Waals surface area contributed by atoms with Crippen LogP contribution in [0, 0.1) is 0 Å². The Kier molecular flexibility index (Phi) is 3.47. The van der Waals surface area contributed by atoms with Crippen molar-refractivity contribution in [3.8, 4) is 11.3 Å². The lowest BCUT2D eigenvalue weighted by Crippen LogP contribution is -2.52. The minimum atomic E-state index is -0.0805. The summed E-state index contributed by atoms with van der Waals surface area (Å²) in [6, 6.07) is 5.49. The maximum Gasteiger partial charge on any atom is 0.276 e. The Morgan fingerprint density at radius 3 is 3.00 bits per heavy atom. The molecule has 0 bridgehead atoms. The number of aromatic nitrogens is 2. The van der Waals surface area contributed by atoms with Gasteiger partial charge in [-0.1, -0.05) is 5.16 Å². The molecule has 1 fully saturated rings. The average Bonchev–Trinajstić information content (AvgIpc) is 2.98. The zero-order valence-corrected chi connectivity index (χ0v) is 11.2. The third kappa shape index (κ3) is 2.42. The summed E-state index contributed by atoms with van der Waals surface area (Å²) in [6.45, 7) is 4.33. The van der Waals surface area contributed by atoms with E-state index in [1.807, 2.05) is 24.0 Å². The SMILES string of the molecule is C[C@@H]1CNCCN1C(=O)c1cc(-c2ccncc2)on1. The molecule has 0 aromatic carbocycles. The van der Waals surface area contributed by atoms with Crippen molar-refractivity contribution in [2.24, 2.45) is 0 Å². The zero-order chi connectivity index (χ0) is 13.9. The molecule has 20 heavy (non-hydrogen) atoms. The third-order valence-electron chi connectivity index (χ3n) is 3.46. The van der Waals surface area contributed by atoms with Gasteiger partial charge in [0.15, 0.2) is 11.5 Å². The average molecular weight is 272 g/mol. The first-order valence-electron chi connectivity index (χ1n) is 6.64. The topological polar surface area (TPSA) is 71.3 Å². The van der Waals surface area contributed by atoms with Crippen LogP contribution in [0.2, 0.25) is 0 Å². The molecule has 3 rings (SSSR count). The number of carbonyl (C=O) groups is 1. The highest BCUT2D eigenvalue weighted by molar-refractivity contribution is 5.93. The van der Waals surface area contributed by atoms with Gasteiger partial charge in [-0.05, 0) is 19.1 Å². The molecule has 6 nitrogen and oxygen atoms in total. The summed E-state index contributed by atoms with van der Waals surface area (Å²) < 4.78 is 5.26. The van der Waals surface area contributed by atoms with E-state index in [-0.39, 0.29) is 11.9 Å². The molecule has 1 aliphatic rings.